The fourth-order valence-electron chi connectivity index (χ4n) is 2.61. The maximum Gasteiger partial charge on any atom is 0.374 e. The summed E-state index contributed by atoms with van der Waals surface area (Å²) in [5.41, 5.74) is 1.66. The largest absolute Gasteiger partial charge is 0.508 e. The molecule has 0 fully saturated rings. The van der Waals surface area contributed by atoms with Crippen LogP contribution < -0.4 is 5.63 Å². The Morgan fingerprint density at radius 3 is 2.44 bits per heavy atom. The van der Waals surface area contributed by atoms with Crippen molar-refractivity contribution in [3.05, 3.63) is 88.0 Å². The Kier molecular flexibility index (Phi) is 4.66. The van der Waals surface area contributed by atoms with Crippen LogP contribution in [-0.4, -0.2) is 18.2 Å². The second kappa shape index (κ2) is 7.05. The molecule has 0 atom stereocenters. The molecule has 3 aromatic rings. The number of hydrogen-bond acceptors (Lipinski definition) is 5. The van der Waals surface area contributed by atoms with Crippen molar-refractivity contribution in [2.24, 2.45) is 0 Å². The fraction of sp³-hybridized carbons (Fsp3) is 0.100. The Morgan fingerprint density at radius 2 is 1.76 bits per heavy atom. The number of esters is 1. The summed E-state index contributed by atoms with van der Waals surface area (Å²) in [5.74, 6) is -0.784. The Hall–Kier alpha value is -3.34. The summed E-state index contributed by atoms with van der Waals surface area (Å²) in [5, 5.41) is 10.00. The second-order valence-electron chi connectivity index (χ2n) is 5.45. The minimum atomic E-state index is -0.719. The van der Waals surface area contributed by atoms with Gasteiger partial charge in [-0.25, -0.2) is 9.59 Å². The van der Waals surface area contributed by atoms with Gasteiger partial charge in [0.15, 0.2) is 0 Å². The zero-order valence-electron chi connectivity index (χ0n) is 13.6. The molecule has 0 bridgehead atoms. The van der Waals surface area contributed by atoms with Crippen molar-refractivity contribution in [3.8, 4) is 16.9 Å². The van der Waals surface area contributed by atoms with Crippen LogP contribution in [0.3, 0.4) is 0 Å². The van der Waals surface area contributed by atoms with E-state index < -0.39 is 11.6 Å². The number of methoxy groups -OCH3 is 1. The van der Waals surface area contributed by atoms with E-state index in [-0.39, 0.29) is 17.9 Å². The summed E-state index contributed by atoms with van der Waals surface area (Å²) in [6, 6.07) is 17.5. The van der Waals surface area contributed by atoms with Gasteiger partial charge in [-0.05, 0) is 28.8 Å². The second-order valence-corrected chi connectivity index (χ2v) is 5.45. The summed E-state index contributed by atoms with van der Waals surface area (Å²) in [4.78, 5) is 24.3. The molecule has 3 rings (SSSR count). The Bertz CT molecular complexity index is 957. The molecule has 0 aliphatic heterocycles. The molecule has 1 aromatic heterocycles. The van der Waals surface area contributed by atoms with Crippen LogP contribution >= 0.6 is 0 Å². The van der Waals surface area contributed by atoms with Crippen molar-refractivity contribution in [2.75, 3.05) is 7.11 Å². The quantitative estimate of drug-likeness (QED) is 0.739. The molecule has 0 saturated heterocycles. The van der Waals surface area contributed by atoms with Crippen LogP contribution in [0.1, 0.15) is 21.7 Å². The first-order valence-corrected chi connectivity index (χ1v) is 7.67. The molecule has 0 unspecified atom stereocenters. The summed E-state index contributed by atoms with van der Waals surface area (Å²) < 4.78 is 9.77. The number of phenols is 1. The molecule has 0 saturated carbocycles. The van der Waals surface area contributed by atoms with Gasteiger partial charge in [-0.1, -0.05) is 48.5 Å². The number of carbonyl (C=O) groups excluding carboxylic acids is 1. The van der Waals surface area contributed by atoms with Gasteiger partial charge in [0, 0.05) is 6.42 Å². The molecule has 25 heavy (non-hydrogen) atoms. The zero-order chi connectivity index (χ0) is 17.8. The molecular weight excluding hydrogens is 320 g/mol. The normalized spacial score (nSPS) is 10.4. The Balaban J connectivity index is 2.18. The lowest BCUT2D eigenvalue weighted by Gasteiger charge is -2.11. The molecule has 126 valence electrons. The third-order valence-corrected chi connectivity index (χ3v) is 3.88. The van der Waals surface area contributed by atoms with Crippen LogP contribution in [0.5, 0.6) is 5.75 Å². The van der Waals surface area contributed by atoms with Crippen LogP contribution in [0.15, 0.2) is 69.9 Å². The van der Waals surface area contributed by atoms with Gasteiger partial charge in [0.25, 0.3) is 0 Å². The zero-order valence-corrected chi connectivity index (χ0v) is 13.6. The number of hydrogen-bond donors (Lipinski definition) is 1. The predicted octanol–water partition coefficient (Wildman–Crippen LogP) is 3.39. The topological polar surface area (TPSA) is 76.7 Å². The van der Waals surface area contributed by atoms with E-state index in [2.05, 4.69) is 4.74 Å². The first-order valence-electron chi connectivity index (χ1n) is 7.67. The van der Waals surface area contributed by atoms with Gasteiger partial charge in [-0.15, -0.1) is 0 Å². The van der Waals surface area contributed by atoms with Gasteiger partial charge in [-0.3, -0.25) is 0 Å². The highest BCUT2D eigenvalue weighted by molar-refractivity contribution is 5.88. The molecule has 0 aliphatic carbocycles. The first kappa shape index (κ1) is 16.5. The van der Waals surface area contributed by atoms with Crippen LogP contribution in [0.2, 0.25) is 0 Å². The summed E-state index contributed by atoms with van der Waals surface area (Å²) in [7, 11) is 1.22. The molecule has 0 radical (unpaired) electrons. The molecule has 2 aromatic carbocycles. The summed E-state index contributed by atoms with van der Waals surface area (Å²) in [6.45, 7) is 0. The lowest BCUT2D eigenvalue weighted by atomic mass is 9.96. The van der Waals surface area contributed by atoms with E-state index in [4.69, 9.17) is 4.42 Å². The van der Waals surface area contributed by atoms with Crippen molar-refractivity contribution in [3.63, 3.8) is 0 Å². The lowest BCUT2D eigenvalue weighted by molar-refractivity contribution is 0.0559. The van der Waals surface area contributed by atoms with Gasteiger partial charge in [0.05, 0.1) is 12.7 Å². The highest BCUT2D eigenvalue weighted by Gasteiger charge is 2.19. The van der Waals surface area contributed by atoms with Gasteiger partial charge < -0.3 is 14.3 Å². The number of aromatic hydroxyl groups is 1. The fourth-order valence-corrected chi connectivity index (χ4v) is 2.61. The average Bonchev–Trinajstić information content (AvgIpc) is 2.64. The van der Waals surface area contributed by atoms with Crippen molar-refractivity contribution in [1.29, 1.82) is 0 Å². The van der Waals surface area contributed by atoms with E-state index in [0.29, 0.717) is 16.7 Å². The maximum atomic E-state index is 12.5. The Labute approximate surface area is 144 Å². The molecule has 5 heteroatoms. The Morgan fingerprint density at radius 1 is 1.08 bits per heavy atom. The highest BCUT2D eigenvalue weighted by atomic mass is 16.5. The first-order chi connectivity index (χ1) is 12.1. The maximum absolute atomic E-state index is 12.5. The summed E-state index contributed by atoms with van der Waals surface area (Å²) >= 11 is 0. The molecule has 1 N–H and O–H groups in total. The number of para-hydroxylation sites is 1. The van der Waals surface area contributed by atoms with Gasteiger partial charge in [-0.2, -0.15) is 0 Å². The van der Waals surface area contributed by atoms with Crippen LogP contribution in [0, 0.1) is 0 Å². The van der Waals surface area contributed by atoms with E-state index in [0.717, 1.165) is 5.56 Å². The van der Waals surface area contributed by atoms with Gasteiger partial charge in [0.1, 0.15) is 5.75 Å². The number of ether oxygens (including phenoxy) is 1. The minimum Gasteiger partial charge on any atom is -0.508 e. The van der Waals surface area contributed by atoms with E-state index in [9.17, 15) is 14.7 Å². The highest BCUT2D eigenvalue weighted by Crippen LogP contribution is 2.27. The van der Waals surface area contributed by atoms with Gasteiger partial charge >= 0.3 is 11.6 Å². The molecule has 5 nitrogen and oxygen atoms in total. The van der Waals surface area contributed by atoms with Crippen molar-refractivity contribution in [1.82, 2.24) is 0 Å². The van der Waals surface area contributed by atoms with Crippen LogP contribution in [0.4, 0.5) is 0 Å². The van der Waals surface area contributed by atoms with E-state index >= 15 is 0 Å². The predicted molar refractivity (Wildman–Crippen MR) is 92.7 cm³/mol. The van der Waals surface area contributed by atoms with Gasteiger partial charge in [0.2, 0.25) is 5.76 Å². The summed E-state index contributed by atoms with van der Waals surface area (Å²) in [6.07, 6.45) is 0.181. The number of rotatable bonds is 4. The van der Waals surface area contributed by atoms with E-state index in [1.54, 1.807) is 24.3 Å². The molecular formula is C20H16O5. The van der Waals surface area contributed by atoms with Crippen LogP contribution in [-0.2, 0) is 11.2 Å². The number of benzene rings is 2. The lowest BCUT2D eigenvalue weighted by Crippen LogP contribution is -2.14. The number of carbonyl (C=O) groups is 1. The molecule has 1 heterocycles. The van der Waals surface area contributed by atoms with E-state index in [1.165, 1.54) is 13.2 Å². The third kappa shape index (κ3) is 3.45. The molecule has 0 spiro atoms. The average molecular weight is 336 g/mol. The smallest absolute Gasteiger partial charge is 0.374 e. The molecule has 0 amide bonds. The van der Waals surface area contributed by atoms with Crippen molar-refractivity contribution >= 4 is 5.97 Å². The number of phenolic OH excluding ortho intramolecular Hbond substituents is 1. The SMILES string of the molecule is COC(=O)c1cc(-c2ccccc2)c(Cc2ccccc2O)c(=O)o1. The van der Waals surface area contributed by atoms with Crippen LogP contribution in [0.25, 0.3) is 11.1 Å². The third-order valence-electron chi connectivity index (χ3n) is 3.88. The van der Waals surface area contributed by atoms with E-state index in [1.807, 2.05) is 30.3 Å². The monoisotopic (exact) mass is 336 g/mol. The van der Waals surface area contributed by atoms with Crippen molar-refractivity contribution in [2.45, 2.75) is 6.42 Å². The van der Waals surface area contributed by atoms with Crippen molar-refractivity contribution < 1.29 is 19.1 Å². The standard InChI is InChI=1S/C20H16O5/c1-24-20(23)18-12-15(13-7-3-2-4-8-13)16(19(22)25-18)11-14-9-5-6-10-17(14)21/h2-10,12,21H,11H2,1H3. The molecule has 0 aliphatic rings. The minimum absolute atomic E-state index is 0.0953.